The van der Waals surface area contributed by atoms with Gasteiger partial charge in [0.05, 0.1) is 0 Å². The second-order valence-corrected chi connectivity index (χ2v) is 5.83. The Labute approximate surface area is 93.4 Å². The van der Waals surface area contributed by atoms with Crippen LogP contribution in [-0.4, -0.2) is 37.1 Å². The lowest BCUT2D eigenvalue weighted by atomic mass is 10.0. The first kappa shape index (κ1) is 10.1. The third-order valence-corrected chi connectivity index (χ3v) is 4.74. The van der Waals surface area contributed by atoms with Gasteiger partial charge in [-0.3, -0.25) is 0 Å². The standard InChI is InChI=1S/C13H24N2/c1(2-11-5-6-14-9-11)7-15-10-12-3-4-13(15)8-12/h11-14H,1-10H2. The first-order valence-corrected chi connectivity index (χ1v) is 6.86. The van der Waals surface area contributed by atoms with Crippen LogP contribution in [0.5, 0.6) is 0 Å². The summed E-state index contributed by atoms with van der Waals surface area (Å²) < 4.78 is 0. The van der Waals surface area contributed by atoms with Gasteiger partial charge in [0.25, 0.3) is 0 Å². The third kappa shape index (κ3) is 2.21. The van der Waals surface area contributed by atoms with E-state index in [9.17, 15) is 0 Å². The zero-order chi connectivity index (χ0) is 10.1. The second-order valence-electron chi connectivity index (χ2n) is 5.83. The quantitative estimate of drug-likeness (QED) is 0.758. The molecule has 2 nitrogen and oxygen atoms in total. The molecule has 86 valence electrons. The van der Waals surface area contributed by atoms with Crippen LogP contribution in [-0.2, 0) is 0 Å². The molecule has 0 spiro atoms. The van der Waals surface area contributed by atoms with Crippen molar-refractivity contribution in [1.82, 2.24) is 10.2 Å². The summed E-state index contributed by atoms with van der Waals surface area (Å²) >= 11 is 0. The molecule has 0 aromatic carbocycles. The van der Waals surface area contributed by atoms with Crippen LogP contribution in [0, 0.1) is 11.8 Å². The van der Waals surface area contributed by atoms with E-state index in [-0.39, 0.29) is 0 Å². The van der Waals surface area contributed by atoms with E-state index in [1.165, 1.54) is 64.7 Å². The predicted octanol–water partition coefficient (Wildman–Crippen LogP) is 1.86. The van der Waals surface area contributed by atoms with Crippen molar-refractivity contribution in [3.63, 3.8) is 0 Å². The highest BCUT2D eigenvalue weighted by Crippen LogP contribution is 2.37. The minimum atomic E-state index is 0.983. The van der Waals surface area contributed by atoms with Gasteiger partial charge in [0, 0.05) is 12.6 Å². The molecule has 3 unspecified atom stereocenters. The van der Waals surface area contributed by atoms with E-state index in [1.807, 2.05) is 0 Å². The minimum Gasteiger partial charge on any atom is -0.316 e. The lowest BCUT2D eigenvalue weighted by Crippen LogP contribution is -2.33. The summed E-state index contributed by atoms with van der Waals surface area (Å²) in [5, 5.41) is 3.46. The van der Waals surface area contributed by atoms with Gasteiger partial charge in [-0.25, -0.2) is 0 Å². The summed E-state index contributed by atoms with van der Waals surface area (Å²) in [5.41, 5.74) is 0. The van der Waals surface area contributed by atoms with Gasteiger partial charge in [0.2, 0.25) is 0 Å². The summed E-state index contributed by atoms with van der Waals surface area (Å²) in [6.07, 6.45) is 8.86. The Balaban J connectivity index is 1.36. The van der Waals surface area contributed by atoms with Gasteiger partial charge in [-0.15, -0.1) is 0 Å². The lowest BCUT2D eigenvalue weighted by Gasteiger charge is -2.26. The van der Waals surface area contributed by atoms with Crippen LogP contribution in [0.15, 0.2) is 0 Å². The maximum Gasteiger partial charge on any atom is 0.00985 e. The molecule has 15 heavy (non-hydrogen) atoms. The topological polar surface area (TPSA) is 15.3 Å². The Morgan fingerprint density at radius 3 is 2.87 bits per heavy atom. The fraction of sp³-hybridized carbons (Fsp3) is 1.00. The summed E-state index contributed by atoms with van der Waals surface area (Å²) in [6, 6.07) is 0.983. The first-order valence-electron chi connectivity index (χ1n) is 6.86. The monoisotopic (exact) mass is 208 g/mol. The Morgan fingerprint density at radius 2 is 2.20 bits per heavy atom. The van der Waals surface area contributed by atoms with Crippen molar-refractivity contribution in [3.8, 4) is 0 Å². The van der Waals surface area contributed by atoms with Gasteiger partial charge >= 0.3 is 0 Å². The van der Waals surface area contributed by atoms with Gasteiger partial charge < -0.3 is 10.2 Å². The van der Waals surface area contributed by atoms with Gasteiger partial charge in [0.1, 0.15) is 0 Å². The molecule has 3 aliphatic rings. The average molecular weight is 208 g/mol. The molecule has 2 aliphatic heterocycles. The molecule has 0 aromatic rings. The SMILES string of the molecule is C(CC1CCNC1)CN1CC2CCC1C2. The van der Waals surface area contributed by atoms with Crippen molar-refractivity contribution in [1.29, 1.82) is 0 Å². The van der Waals surface area contributed by atoms with Crippen LogP contribution in [0.25, 0.3) is 0 Å². The number of rotatable bonds is 4. The molecule has 1 aliphatic carbocycles. The molecule has 3 atom stereocenters. The highest BCUT2D eigenvalue weighted by Gasteiger charge is 2.37. The Bertz CT molecular complexity index is 211. The van der Waals surface area contributed by atoms with Crippen molar-refractivity contribution < 1.29 is 0 Å². The van der Waals surface area contributed by atoms with Crippen LogP contribution < -0.4 is 5.32 Å². The molecule has 3 rings (SSSR count). The van der Waals surface area contributed by atoms with Gasteiger partial charge in [-0.2, -0.15) is 0 Å². The van der Waals surface area contributed by atoms with E-state index in [0.717, 1.165) is 17.9 Å². The molecular formula is C13H24N2. The van der Waals surface area contributed by atoms with Crippen LogP contribution in [0.4, 0.5) is 0 Å². The van der Waals surface area contributed by atoms with Crippen molar-refractivity contribution in [3.05, 3.63) is 0 Å². The lowest BCUT2D eigenvalue weighted by molar-refractivity contribution is 0.206. The average Bonchev–Trinajstić information content (AvgIpc) is 2.93. The fourth-order valence-electron chi connectivity index (χ4n) is 3.84. The van der Waals surface area contributed by atoms with E-state index in [0.29, 0.717) is 0 Å². The second kappa shape index (κ2) is 4.42. The number of likely N-dealkylation sites (tertiary alicyclic amines) is 1. The van der Waals surface area contributed by atoms with E-state index >= 15 is 0 Å². The molecule has 2 heteroatoms. The zero-order valence-electron chi connectivity index (χ0n) is 9.75. The maximum absolute atomic E-state index is 3.46. The molecule has 0 radical (unpaired) electrons. The van der Waals surface area contributed by atoms with Crippen molar-refractivity contribution in [2.24, 2.45) is 11.8 Å². The third-order valence-electron chi connectivity index (χ3n) is 4.74. The molecule has 2 saturated heterocycles. The van der Waals surface area contributed by atoms with Gasteiger partial charge in [0.15, 0.2) is 0 Å². The largest absolute Gasteiger partial charge is 0.316 e. The maximum atomic E-state index is 3.46. The number of hydrogen-bond donors (Lipinski definition) is 1. The number of nitrogens with one attached hydrogen (secondary N) is 1. The van der Waals surface area contributed by atoms with E-state index in [2.05, 4.69) is 10.2 Å². The molecule has 3 fully saturated rings. The minimum absolute atomic E-state index is 0.983. The van der Waals surface area contributed by atoms with Crippen molar-refractivity contribution in [2.75, 3.05) is 26.2 Å². The molecule has 2 heterocycles. The molecular weight excluding hydrogens is 184 g/mol. The van der Waals surface area contributed by atoms with E-state index < -0.39 is 0 Å². The smallest absolute Gasteiger partial charge is 0.00985 e. The molecule has 0 amide bonds. The summed E-state index contributed by atoms with van der Waals surface area (Å²) in [7, 11) is 0. The highest BCUT2D eigenvalue weighted by molar-refractivity contribution is 4.91. The fourth-order valence-corrected chi connectivity index (χ4v) is 3.84. The van der Waals surface area contributed by atoms with Crippen LogP contribution in [0.2, 0.25) is 0 Å². The molecule has 1 N–H and O–H groups in total. The van der Waals surface area contributed by atoms with Crippen LogP contribution in [0.1, 0.15) is 38.5 Å². The summed E-state index contributed by atoms with van der Waals surface area (Å²) in [4.78, 5) is 2.77. The van der Waals surface area contributed by atoms with Gasteiger partial charge in [-0.05, 0) is 70.0 Å². The Kier molecular flexibility index (Phi) is 2.98. The molecule has 0 aromatic heterocycles. The number of fused-ring (bicyclic) bond motifs is 2. The van der Waals surface area contributed by atoms with Crippen LogP contribution >= 0.6 is 0 Å². The molecule has 1 saturated carbocycles. The van der Waals surface area contributed by atoms with E-state index in [1.54, 1.807) is 0 Å². The molecule has 2 bridgehead atoms. The van der Waals surface area contributed by atoms with Crippen molar-refractivity contribution >= 4 is 0 Å². The normalized spacial score (nSPS) is 40.4. The summed E-state index contributed by atoms with van der Waals surface area (Å²) in [6.45, 7) is 5.36. The highest BCUT2D eigenvalue weighted by atomic mass is 15.2. The van der Waals surface area contributed by atoms with E-state index in [4.69, 9.17) is 0 Å². The Morgan fingerprint density at radius 1 is 1.20 bits per heavy atom. The van der Waals surface area contributed by atoms with Gasteiger partial charge in [-0.1, -0.05) is 0 Å². The first-order chi connectivity index (χ1) is 7.42. The number of nitrogens with zero attached hydrogens (tertiary/aromatic N) is 1. The number of hydrogen-bond acceptors (Lipinski definition) is 2. The zero-order valence-corrected chi connectivity index (χ0v) is 9.75. The van der Waals surface area contributed by atoms with Crippen LogP contribution in [0.3, 0.4) is 0 Å². The summed E-state index contributed by atoms with van der Waals surface area (Å²) in [5.74, 6) is 2.06. The predicted molar refractivity (Wildman–Crippen MR) is 62.9 cm³/mol. The van der Waals surface area contributed by atoms with Crippen molar-refractivity contribution in [2.45, 2.75) is 44.6 Å². The Hall–Kier alpha value is -0.0800. The number of piperidine rings is 1.